The molecule has 2 rings (SSSR count). The van der Waals surface area contributed by atoms with Crippen LogP contribution in [0.5, 0.6) is 0 Å². The van der Waals surface area contributed by atoms with Gasteiger partial charge >= 0.3 is 0 Å². The highest BCUT2D eigenvalue weighted by atomic mass is 32.1. The number of rotatable bonds is 2. The summed E-state index contributed by atoms with van der Waals surface area (Å²) in [4.78, 5) is 2.25. The zero-order valence-corrected chi connectivity index (χ0v) is 12.3. The predicted octanol–water partition coefficient (Wildman–Crippen LogP) is 3.18. The molecule has 1 aromatic rings. The van der Waals surface area contributed by atoms with Crippen molar-refractivity contribution in [2.24, 2.45) is 11.8 Å². The second-order valence-corrected chi connectivity index (χ2v) is 6.02. The summed E-state index contributed by atoms with van der Waals surface area (Å²) in [5.74, 6) is 1.17. The van der Waals surface area contributed by atoms with Crippen LogP contribution in [0.2, 0.25) is 0 Å². The maximum atomic E-state index is 12.8. The number of piperidine rings is 1. The average Bonchev–Trinajstić information content (AvgIpc) is 2.36. The maximum Gasteiger partial charge on any atom is 0.169 e. The highest BCUT2D eigenvalue weighted by Gasteiger charge is 2.23. The lowest BCUT2D eigenvalue weighted by Crippen LogP contribution is -2.47. The molecular formula is C15H21FN2S. The van der Waals surface area contributed by atoms with E-state index in [0.717, 1.165) is 23.8 Å². The first-order chi connectivity index (χ1) is 9.04. The SMILES string of the molecule is C[C@@H]1C[C@H](C)CN(C(=S)NCc2ccc(F)cc2)C1. The van der Waals surface area contributed by atoms with E-state index in [1.54, 1.807) is 12.1 Å². The van der Waals surface area contributed by atoms with E-state index in [1.165, 1.54) is 18.6 Å². The van der Waals surface area contributed by atoms with E-state index in [9.17, 15) is 4.39 Å². The maximum absolute atomic E-state index is 12.8. The van der Waals surface area contributed by atoms with Crippen molar-refractivity contribution in [3.05, 3.63) is 35.6 Å². The molecular weight excluding hydrogens is 259 g/mol. The molecule has 4 heteroatoms. The number of halogens is 1. The molecule has 0 radical (unpaired) electrons. The minimum absolute atomic E-state index is 0.204. The molecule has 1 fully saturated rings. The van der Waals surface area contributed by atoms with E-state index in [4.69, 9.17) is 12.2 Å². The Labute approximate surface area is 120 Å². The molecule has 1 heterocycles. The third-order valence-electron chi connectivity index (χ3n) is 3.51. The van der Waals surface area contributed by atoms with E-state index in [0.29, 0.717) is 18.4 Å². The zero-order chi connectivity index (χ0) is 13.8. The molecule has 1 N–H and O–H groups in total. The molecule has 0 amide bonds. The van der Waals surface area contributed by atoms with Gasteiger partial charge in [-0.2, -0.15) is 0 Å². The predicted molar refractivity (Wildman–Crippen MR) is 80.4 cm³/mol. The fourth-order valence-corrected chi connectivity index (χ4v) is 2.94. The Balaban J connectivity index is 1.85. The van der Waals surface area contributed by atoms with Gasteiger partial charge in [-0.1, -0.05) is 26.0 Å². The summed E-state index contributed by atoms with van der Waals surface area (Å²) in [7, 11) is 0. The van der Waals surface area contributed by atoms with Gasteiger partial charge in [0, 0.05) is 19.6 Å². The molecule has 1 aromatic carbocycles. The van der Waals surface area contributed by atoms with Crippen LogP contribution in [0.4, 0.5) is 4.39 Å². The molecule has 1 aliphatic heterocycles. The van der Waals surface area contributed by atoms with Crippen molar-refractivity contribution in [3.8, 4) is 0 Å². The zero-order valence-electron chi connectivity index (χ0n) is 11.5. The van der Waals surface area contributed by atoms with Gasteiger partial charge in [-0.25, -0.2) is 4.39 Å². The van der Waals surface area contributed by atoms with E-state index in [2.05, 4.69) is 24.1 Å². The fraction of sp³-hybridized carbons (Fsp3) is 0.533. The highest BCUT2D eigenvalue weighted by molar-refractivity contribution is 7.80. The molecule has 104 valence electrons. The van der Waals surface area contributed by atoms with Crippen molar-refractivity contribution in [1.82, 2.24) is 10.2 Å². The van der Waals surface area contributed by atoms with Gasteiger partial charge in [-0.3, -0.25) is 0 Å². The lowest BCUT2D eigenvalue weighted by Gasteiger charge is -2.36. The Morgan fingerprint density at radius 2 is 1.84 bits per heavy atom. The van der Waals surface area contributed by atoms with Gasteiger partial charge in [0.15, 0.2) is 5.11 Å². The van der Waals surface area contributed by atoms with Crippen LogP contribution in [-0.4, -0.2) is 23.1 Å². The van der Waals surface area contributed by atoms with Gasteiger partial charge in [-0.15, -0.1) is 0 Å². The van der Waals surface area contributed by atoms with Crippen LogP contribution < -0.4 is 5.32 Å². The second kappa shape index (κ2) is 6.33. The van der Waals surface area contributed by atoms with E-state index < -0.39 is 0 Å². The molecule has 1 aliphatic rings. The number of hydrogen-bond donors (Lipinski definition) is 1. The summed E-state index contributed by atoms with van der Waals surface area (Å²) >= 11 is 5.45. The van der Waals surface area contributed by atoms with Crippen LogP contribution in [0.1, 0.15) is 25.8 Å². The standard InChI is InChI=1S/C15H21FN2S/c1-11-7-12(2)10-18(9-11)15(19)17-8-13-3-5-14(16)6-4-13/h3-6,11-12H,7-10H2,1-2H3,(H,17,19)/t11-,12+. The minimum Gasteiger partial charge on any atom is -0.358 e. The van der Waals surface area contributed by atoms with Crippen LogP contribution >= 0.6 is 12.2 Å². The van der Waals surface area contributed by atoms with E-state index >= 15 is 0 Å². The van der Waals surface area contributed by atoms with Crippen molar-refractivity contribution >= 4 is 17.3 Å². The normalized spacial score (nSPS) is 23.2. The Kier molecular flexibility index (Phi) is 4.75. The summed E-state index contributed by atoms with van der Waals surface area (Å²) in [5.41, 5.74) is 1.04. The summed E-state index contributed by atoms with van der Waals surface area (Å²) in [6.45, 7) is 7.24. The Bertz CT molecular complexity index is 422. The molecule has 19 heavy (non-hydrogen) atoms. The second-order valence-electron chi connectivity index (χ2n) is 5.64. The van der Waals surface area contributed by atoms with Crippen LogP contribution in [0.3, 0.4) is 0 Å². The molecule has 0 aliphatic carbocycles. The lowest BCUT2D eigenvalue weighted by atomic mass is 9.92. The number of nitrogens with zero attached hydrogens (tertiary/aromatic N) is 1. The third-order valence-corrected chi connectivity index (χ3v) is 3.92. The highest BCUT2D eigenvalue weighted by Crippen LogP contribution is 2.20. The van der Waals surface area contributed by atoms with Gasteiger partial charge in [0.05, 0.1) is 0 Å². The third kappa shape index (κ3) is 4.16. The van der Waals surface area contributed by atoms with Crippen molar-refractivity contribution in [3.63, 3.8) is 0 Å². The van der Waals surface area contributed by atoms with Gasteiger partial charge < -0.3 is 10.2 Å². The number of hydrogen-bond acceptors (Lipinski definition) is 1. The van der Waals surface area contributed by atoms with E-state index in [-0.39, 0.29) is 5.82 Å². The monoisotopic (exact) mass is 280 g/mol. The van der Waals surface area contributed by atoms with Gasteiger partial charge in [0.25, 0.3) is 0 Å². The Morgan fingerprint density at radius 3 is 2.42 bits per heavy atom. The lowest BCUT2D eigenvalue weighted by molar-refractivity contribution is 0.212. The summed E-state index contributed by atoms with van der Waals surface area (Å²) in [6, 6.07) is 6.52. The Hall–Kier alpha value is -1.16. The van der Waals surface area contributed by atoms with Gasteiger partial charge in [0.2, 0.25) is 0 Å². The van der Waals surface area contributed by atoms with Crippen LogP contribution in [-0.2, 0) is 6.54 Å². The first kappa shape index (κ1) is 14.3. The van der Waals surface area contributed by atoms with Crippen molar-refractivity contribution < 1.29 is 4.39 Å². The molecule has 0 unspecified atom stereocenters. The van der Waals surface area contributed by atoms with Gasteiger partial charge in [-0.05, 0) is 48.2 Å². The van der Waals surface area contributed by atoms with Crippen LogP contribution in [0.15, 0.2) is 24.3 Å². The number of likely N-dealkylation sites (tertiary alicyclic amines) is 1. The molecule has 0 spiro atoms. The number of thiocarbonyl (C=S) groups is 1. The summed E-state index contributed by atoms with van der Waals surface area (Å²) < 4.78 is 12.8. The largest absolute Gasteiger partial charge is 0.358 e. The molecule has 0 aromatic heterocycles. The molecule has 2 atom stereocenters. The first-order valence-corrected chi connectivity index (χ1v) is 7.22. The Morgan fingerprint density at radius 1 is 1.26 bits per heavy atom. The van der Waals surface area contributed by atoms with Crippen molar-refractivity contribution in [2.45, 2.75) is 26.8 Å². The molecule has 2 nitrogen and oxygen atoms in total. The van der Waals surface area contributed by atoms with Crippen molar-refractivity contribution in [2.75, 3.05) is 13.1 Å². The molecule has 0 bridgehead atoms. The topological polar surface area (TPSA) is 15.3 Å². The number of nitrogens with one attached hydrogen (secondary N) is 1. The van der Waals surface area contributed by atoms with Crippen LogP contribution in [0.25, 0.3) is 0 Å². The fourth-order valence-electron chi connectivity index (χ4n) is 2.72. The summed E-state index contributed by atoms with van der Waals surface area (Å²) in [6.07, 6.45) is 1.27. The van der Waals surface area contributed by atoms with Crippen LogP contribution in [0, 0.1) is 17.7 Å². The minimum atomic E-state index is -0.204. The quantitative estimate of drug-likeness (QED) is 0.838. The van der Waals surface area contributed by atoms with Gasteiger partial charge in [0.1, 0.15) is 5.82 Å². The summed E-state index contributed by atoms with van der Waals surface area (Å²) in [5, 5.41) is 4.07. The molecule has 1 saturated heterocycles. The van der Waals surface area contributed by atoms with E-state index in [1.807, 2.05) is 0 Å². The average molecular weight is 280 g/mol. The number of benzene rings is 1. The first-order valence-electron chi connectivity index (χ1n) is 6.82. The van der Waals surface area contributed by atoms with Crippen molar-refractivity contribution in [1.29, 1.82) is 0 Å². The smallest absolute Gasteiger partial charge is 0.169 e. The molecule has 0 saturated carbocycles.